The van der Waals surface area contributed by atoms with Crippen LogP contribution in [0.1, 0.15) is 40.4 Å². The highest BCUT2D eigenvalue weighted by molar-refractivity contribution is 6.31. The lowest BCUT2D eigenvalue weighted by Crippen LogP contribution is -2.39. The Morgan fingerprint density at radius 2 is 2.13 bits per heavy atom. The zero-order valence-electron chi connectivity index (χ0n) is 12.5. The number of anilines is 1. The highest BCUT2D eigenvalue weighted by atomic mass is 35.5. The number of hydrogen-bond donors (Lipinski definition) is 2. The molecule has 1 aliphatic heterocycles. The van der Waals surface area contributed by atoms with Gasteiger partial charge in [-0.2, -0.15) is 0 Å². The van der Waals surface area contributed by atoms with E-state index >= 15 is 0 Å². The average Bonchev–Trinajstić information content (AvgIpc) is 2.55. The van der Waals surface area contributed by atoms with E-state index in [1.165, 1.54) is 11.1 Å². The summed E-state index contributed by atoms with van der Waals surface area (Å²) in [5.41, 5.74) is 4.20. The highest BCUT2D eigenvalue weighted by Gasteiger charge is 2.27. The van der Waals surface area contributed by atoms with Crippen LogP contribution in [0.25, 0.3) is 0 Å². The van der Waals surface area contributed by atoms with E-state index < -0.39 is 0 Å². The zero-order valence-corrected chi connectivity index (χ0v) is 13.2. The van der Waals surface area contributed by atoms with Crippen LogP contribution < -0.4 is 10.6 Å². The summed E-state index contributed by atoms with van der Waals surface area (Å²) in [5.74, 6) is 0.292. The summed E-state index contributed by atoms with van der Waals surface area (Å²) in [6, 6.07) is 13.3. The van der Waals surface area contributed by atoms with Crippen LogP contribution in [-0.4, -0.2) is 11.9 Å². The Labute approximate surface area is 139 Å². The molecule has 2 aromatic rings. The topological polar surface area (TPSA) is 53.5 Å². The standard InChI is InChI=1S/C18H16ClN3O/c19-13-7-1-6-12(10-13)17(23)22-18-20-14-8-2-4-11-5-3-9-15(21-18)16(11)14/h1-2,4,6-8,10,15H,3,5,9H2,(H2,20,21,22,23). The Bertz CT molecular complexity index is 816. The molecule has 1 heterocycles. The van der Waals surface area contributed by atoms with E-state index in [1.807, 2.05) is 12.1 Å². The number of rotatable bonds is 1. The largest absolute Gasteiger partial charge is 0.326 e. The van der Waals surface area contributed by atoms with E-state index in [0.717, 1.165) is 24.9 Å². The Kier molecular flexibility index (Phi) is 3.54. The quantitative estimate of drug-likeness (QED) is 0.834. The molecule has 0 bridgehead atoms. The molecule has 0 saturated carbocycles. The van der Waals surface area contributed by atoms with Crippen LogP contribution in [0, 0.1) is 0 Å². The first-order valence-corrected chi connectivity index (χ1v) is 8.12. The van der Waals surface area contributed by atoms with E-state index in [4.69, 9.17) is 11.6 Å². The summed E-state index contributed by atoms with van der Waals surface area (Å²) >= 11 is 5.94. The lowest BCUT2D eigenvalue weighted by atomic mass is 9.86. The first kappa shape index (κ1) is 14.3. The van der Waals surface area contributed by atoms with Gasteiger partial charge in [0.05, 0.1) is 6.04 Å². The maximum Gasteiger partial charge on any atom is 0.258 e. The molecule has 0 saturated heterocycles. The number of aryl methyl sites for hydroxylation is 1. The molecule has 1 unspecified atom stereocenters. The minimum atomic E-state index is -0.214. The van der Waals surface area contributed by atoms with Gasteiger partial charge >= 0.3 is 0 Å². The molecule has 1 amide bonds. The highest BCUT2D eigenvalue weighted by Crippen LogP contribution is 2.39. The van der Waals surface area contributed by atoms with E-state index in [1.54, 1.807) is 24.3 Å². The van der Waals surface area contributed by atoms with E-state index in [-0.39, 0.29) is 11.9 Å². The van der Waals surface area contributed by atoms with Gasteiger partial charge in [-0.1, -0.05) is 29.8 Å². The first-order valence-electron chi connectivity index (χ1n) is 7.74. The van der Waals surface area contributed by atoms with E-state index in [0.29, 0.717) is 16.5 Å². The van der Waals surface area contributed by atoms with E-state index in [2.05, 4.69) is 21.7 Å². The minimum absolute atomic E-state index is 0.130. The summed E-state index contributed by atoms with van der Waals surface area (Å²) in [6.07, 6.45) is 3.24. The number of carbonyl (C=O) groups excluding carboxylic acids is 1. The summed E-state index contributed by atoms with van der Waals surface area (Å²) in [4.78, 5) is 17.0. The van der Waals surface area contributed by atoms with Gasteiger partial charge in [0.25, 0.3) is 5.91 Å². The Morgan fingerprint density at radius 1 is 1.26 bits per heavy atom. The Balaban J connectivity index is 1.60. The van der Waals surface area contributed by atoms with Crippen LogP contribution >= 0.6 is 11.6 Å². The first-order chi connectivity index (χ1) is 11.2. The van der Waals surface area contributed by atoms with Crippen molar-refractivity contribution in [2.45, 2.75) is 25.3 Å². The molecule has 2 N–H and O–H groups in total. The van der Waals surface area contributed by atoms with Gasteiger partial charge in [0.1, 0.15) is 0 Å². The molecule has 5 heteroatoms. The number of benzene rings is 2. The zero-order chi connectivity index (χ0) is 15.8. The molecule has 1 atom stereocenters. The number of amides is 1. The molecule has 116 valence electrons. The molecule has 23 heavy (non-hydrogen) atoms. The monoisotopic (exact) mass is 325 g/mol. The van der Waals surface area contributed by atoms with Crippen molar-refractivity contribution in [3.63, 3.8) is 0 Å². The van der Waals surface area contributed by atoms with Crippen LogP contribution in [0.2, 0.25) is 5.02 Å². The average molecular weight is 326 g/mol. The van der Waals surface area contributed by atoms with Gasteiger partial charge in [-0.25, -0.2) is 4.99 Å². The lowest BCUT2D eigenvalue weighted by Gasteiger charge is -2.30. The van der Waals surface area contributed by atoms with Crippen LogP contribution in [-0.2, 0) is 6.42 Å². The second-order valence-electron chi connectivity index (χ2n) is 5.85. The lowest BCUT2D eigenvalue weighted by molar-refractivity contribution is 0.0976. The molecule has 2 aromatic carbocycles. The molecular formula is C18H16ClN3O. The summed E-state index contributed by atoms with van der Waals surface area (Å²) in [5, 5.41) is 6.63. The minimum Gasteiger partial charge on any atom is -0.326 e. The van der Waals surface area contributed by atoms with Crippen molar-refractivity contribution < 1.29 is 4.79 Å². The fourth-order valence-corrected chi connectivity index (χ4v) is 3.47. The predicted molar refractivity (Wildman–Crippen MR) is 92.1 cm³/mol. The van der Waals surface area contributed by atoms with Gasteiger partial charge in [0.15, 0.2) is 0 Å². The summed E-state index contributed by atoms with van der Waals surface area (Å²) < 4.78 is 0. The summed E-state index contributed by atoms with van der Waals surface area (Å²) in [6.45, 7) is 0. The van der Waals surface area contributed by atoms with Crippen LogP contribution in [0.5, 0.6) is 0 Å². The van der Waals surface area contributed by atoms with Gasteiger partial charge in [0.2, 0.25) is 5.96 Å². The fraction of sp³-hybridized carbons (Fsp3) is 0.222. The molecule has 0 fully saturated rings. The third-order valence-electron chi connectivity index (χ3n) is 4.31. The second-order valence-corrected chi connectivity index (χ2v) is 6.29. The number of guanidine groups is 1. The fourth-order valence-electron chi connectivity index (χ4n) is 3.28. The molecule has 0 aromatic heterocycles. The van der Waals surface area contributed by atoms with Crippen molar-refractivity contribution in [3.8, 4) is 0 Å². The molecule has 4 nitrogen and oxygen atoms in total. The number of carbonyl (C=O) groups is 1. The van der Waals surface area contributed by atoms with Crippen molar-refractivity contribution in [3.05, 3.63) is 64.2 Å². The third kappa shape index (κ3) is 2.70. The van der Waals surface area contributed by atoms with Gasteiger partial charge in [0, 0.05) is 21.8 Å². The van der Waals surface area contributed by atoms with Crippen LogP contribution in [0.4, 0.5) is 5.69 Å². The molecule has 2 aliphatic rings. The van der Waals surface area contributed by atoms with Crippen molar-refractivity contribution >= 4 is 29.2 Å². The van der Waals surface area contributed by atoms with Crippen molar-refractivity contribution in [1.29, 1.82) is 0 Å². The van der Waals surface area contributed by atoms with E-state index in [9.17, 15) is 4.79 Å². The number of nitrogens with one attached hydrogen (secondary N) is 2. The van der Waals surface area contributed by atoms with Crippen molar-refractivity contribution in [2.24, 2.45) is 4.99 Å². The molecule has 0 spiro atoms. The number of aliphatic imine (C=N–C) groups is 1. The van der Waals surface area contributed by atoms with Gasteiger partial charge in [-0.15, -0.1) is 0 Å². The van der Waals surface area contributed by atoms with Crippen LogP contribution in [0.3, 0.4) is 0 Å². The summed E-state index contributed by atoms with van der Waals surface area (Å²) in [7, 11) is 0. The predicted octanol–water partition coefficient (Wildman–Crippen LogP) is 3.93. The Morgan fingerprint density at radius 3 is 3.00 bits per heavy atom. The number of nitrogens with zero attached hydrogens (tertiary/aromatic N) is 1. The molecule has 1 aliphatic carbocycles. The molecule has 4 rings (SSSR count). The van der Waals surface area contributed by atoms with Crippen molar-refractivity contribution in [1.82, 2.24) is 5.32 Å². The second kappa shape index (κ2) is 5.70. The van der Waals surface area contributed by atoms with Gasteiger partial charge in [-0.05, 0) is 49.1 Å². The number of hydrogen-bond acceptors (Lipinski definition) is 3. The molecule has 0 radical (unpaired) electrons. The third-order valence-corrected chi connectivity index (χ3v) is 4.55. The van der Waals surface area contributed by atoms with Crippen molar-refractivity contribution in [2.75, 3.05) is 5.32 Å². The normalized spacial score (nSPS) is 18.5. The Hall–Kier alpha value is -2.33. The number of halogens is 1. The SMILES string of the molecule is O=C(NC1=NC2CCCc3cccc(c32)N1)c1cccc(Cl)c1. The van der Waals surface area contributed by atoms with Gasteiger partial charge in [-0.3, -0.25) is 10.1 Å². The molecular weight excluding hydrogens is 310 g/mol. The smallest absolute Gasteiger partial charge is 0.258 e. The maximum absolute atomic E-state index is 12.4. The maximum atomic E-state index is 12.4. The van der Waals surface area contributed by atoms with Crippen LogP contribution in [0.15, 0.2) is 47.5 Å². The van der Waals surface area contributed by atoms with Gasteiger partial charge < -0.3 is 5.32 Å².